The lowest BCUT2D eigenvalue weighted by atomic mass is 10.0. The zero-order valence-electron chi connectivity index (χ0n) is 18.1. The van der Waals surface area contributed by atoms with Crippen molar-refractivity contribution in [2.45, 2.75) is 51.6 Å². The standard InChI is InChI=1S/C25H30N4O2/c1-19-12-13-23-26-22(15-25(31)29(23)16-19)18-28-14-6-10-21(17-28)27-24(30)11-5-9-20-7-3-2-4-8-20/h2-4,7-8,12-13,15-16,21H,5-6,9-11,14,17-18H2,1H3,(H,27,30). The number of piperidine rings is 1. The highest BCUT2D eigenvalue weighted by molar-refractivity contribution is 5.76. The Hall–Kier alpha value is -2.99. The first-order valence-electron chi connectivity index (χ1n) is 11.1. The lowest BCUT2D eigenvalue weighted by Gasteiger charge is -2.33. The molecule has 6 nitrogen and oxygen atoms in total. The summed E-state index contributed by atoms with van der Waals surface area (Å²) in [6.45, 7) is 4.33. The fourth-order valence-corrected chi connectivity index (χ4v) is 4.28. The first-order valence-corrected chi connectivity index (χ1v) is 11.1. The summed E-state index contributed by atoms with van der Waals surface area (Å²) in [6, 6.07) is 15.9. The van der Waals surface area contributed by atoms with Gasteiger partial charge in [-0.25, -0.2) is 4.98 Å². The van der Waals surface area contributed by atoms with E-state index in [4.69, 9.17) is 0 Å². The molecule has 162 valence electrons. The molecule has 1 N–H and O–H groups in total. The maximum Gasteiger partial charge on any atom is 0.258 e. The van der Waals surface area contributed by atoms with Crippen LogP contribution >= 0.6 is 0 Å². The summed E-state index contributed by atoms with van der Waals surface area (Å²) >= 11 is 0. The first-order chi connectivity index (χ1) is 15.1. The molecule has 6 heteroatoms. The SMILES string of the molecule is Cc1ccc2nc(CN3CCCC(NC(=O)CCCc4ccccc4)C3)cc(=O)n2c1. The molecule has 4 rings (SSSR count). The van der Waals surface area contributed by atoms with Gasteiger partial charge in [-0.2, -0.15) is 0 Å². The smallest absolute Gasteiger partial charge is 0.258 e. The predicted molar refractivity (Wildman–Crippen MR) is 122 cm³/mol. The van der Waals surface area contributed by atoms with Gasteiger partial charge in [-0.05, 0) is 56.3 Å². The Kier molecular flexibility index (Phi) is 6.77. The monoisotopic (exact) mass is 418 g/mol. The topological polar surface area (TPSA) is 66.7 Å². The number of aryl methyl sites for hydroxylation is 2. The number of rotatable bonds is 7. The Bertz CT molecular complexity index is 1090. The molecule has 31 heavy (non-hydrogen) atoms. The highest BCUT2D eigenvalue weighted by atomic mass is 16.1. The first kappa shape index (κ1) is 21.2. The van der Waals surface area contributed by atoms with Crippen molar-refractivity contribution in [3.63, 3.8) is 0 Å². The van der Waals surface area contributed by atoms with Gasteiger partial charge in [-0.15, -0.1) is 0 Å². The molecule has 3 heterocycles. The number of nitrogens with one attached hydrogen (secondary N) is 1. The number of pyridine rings is 1. The van der Waals surface area contributed by atoms with Crippen molar-refractivity contribution in [2.24, 2.45) is 0 Å². The number of hydrogen-bond acceptors (Lipinski definition) is 4. The van der Waals surface area contributed by atoms with Crippen LogP contribution in [0.3, 0.4) is 0 Å². The summed E-state index contributed by atoms with van der Waals surface area (Å²) in [7, 11) is 0. The maximum atomic E-state index is 12.5. The van der Waals surface area contributed by atoms with E-state index >= 15 is 0 Å². The molecule has 0 saturated carbocycles. The van der Waals surface area contributed by atoms with Crippen molar-refractivity contribution >= 4 is 11.6 Å². The van der Waals surface area contributed by atoms with E-state index in [2.05, 4.69) is 27.3 Å². The number of carbonyl (C=O) groups excluding carboxylic acids is 1. The molecule has 1 aliphatic heterocycles. The molecular formula is C25H30N4O2. The average Bonchev–Trinajstić information content (AvgIpc) is 2.75. The molecule has 0 spiro atoms. The van der Waals surface area contributed by atoms with Crippen LogP contribution in [0.5, 0.6) is 0 Å². The largest absolute Gasteiger partial charge is 0.352 e. The molecule has 1 atom stereocenters. The molecule has 0 aliphatic carbocycles. The normalized spacial score (nSPS) is 17.0. The average molecular weight is 419 g/mol. The Balaban J connectivity index is 1.29. The minimum atomic E-state index is -0.0519. The highest BCUT2D eigenvalue weighted by Gasteiger charge is 2.22. The Labute approximate surface area is 182 Å². The van der Waals surface area contributed by atoms with Gasteiger partial charge in [0.1, 0.15) is 5.65 Å². The number of nitrogens with zero attached hydrogens (tertiary/aromatic N) is 3. The van der Waals surface area contributed by atoms with Crippen molar-refractivity contribution in [3.05, 3.63) is 81.9 Å². The number of aromatic nitrogens is 2. The molecule has 1 amide bonds. The fourth-order valence-electron chi connectivity index (χ4n) is 4.28. The van der Waals surface area contributed by atoms with Crippen LogP contribution in [-0.4, -0.2) is 39.3 Å². The second-order valence-corrected chi connectivity index (χ2v) is 8.50. The summed E-state index contributed by atoms with van der Waals surface area (Å²) in [5.74, 6) is 0.125. The zero-order chi connectivity index (χ0) is 21.6. The molecule has 1 unspecified atom stereocenters. The van der Waals surface area contributed by atoms with Gasteiger partial charge < -0.3 is 5.32 Å². The molecule has 3 aromatic rings. The van der Waals surface area contributed by atoms with Crippen molar-refractivity contribution in [1.82, 2.24) is 19.6 Å². The number of benzene rings is 1. The van der Waals surface area contributed by atoms with Crippen LogP contribution in [-0.2, 0) is 17.8 Å². The predicted octanol–water partition coefficient (Wildman–Crippen LogP) is 3.11. The van der Waals surface area contributed by atoms with Gasteiger partial charge in [0.15, 0.2) is 0 Å². The number of likely N-dealkylation sites (tertiary alicyclic amines) is 1. The third-order valence-electron chi connectivity index (χ3n) is 5.83. The second kappa shape index (κ2) is 9.88. The molecule has 1 aromatic carbocycles. The number of fused-ring (bicyclic) bond motifs is 1. The van der Waals surface area contributed by atoms with Gasteiger partial charge in [0.25, 0.3) is 5.56 Å². The van der Waals surface area contributed by atoms with Crippen LogP contribution in [0, 0.1) is 6.92 Å². The van der Waals surface area contributed by atoms with E-state index in [0.717, 1.165) is 50.0 Å². The van der Waals surface area contributed by atoms with E-state index in [9.17, 15) is 9.59 Å². The Morgan fingerprint density at radius 2 is 2.03 bits per heavy atom. The second-order valence-electron chi connectivity index (χ2n) is 8.50. The third kappa shape index (κ3) is 5.79. The molecule has 0 bridgehead atoms. The van der Waals surface area contributed by atoms with Gasteiger partial charge >= 0.3 is 0 Å². The molecule has 1 aliphatic rings. The fraction of sp³-hybridized carbons (Fsp3) is 0.400. The van der Waals surface area contributed by atoms with Crippen LogP contribution in [0.2, 0.25) is 0 Å². The van der Waals surface area contributed by atoms with Crippen LogP contribution < -0.4 is 10.9 Å². The summed E-state index contributed by atoms with van der Waals surface area (Å²) in [5, 5.41) is 3.20. The van der Waals surface area contributed by atoms with Crippen LogP contribution in [0.25, 0.3) is 5.65 Å². The summed E-state index contributed by atoms with van der Waals surface area (Å²) in [5.41, 5.74) is 3.71. The highest BCUT2D eigenvalue weighted by Crippen LogP contribution is 2.14. The molecule has 2 aromatic heterocycles. The van der Waals surface area contributed by atoms with E-state index in [1.54, 1.807) is 10.5 Å². The molecule has 1 saturated heterocycles. The van der Waals surface area contributed by atoms with E-state index in [1.807, 2.05) is 43.5 Å². The minimum Gasteiger partial charge on any atom is -0.352 e. The van der Waals surface area contributed by atoms with Crippen molar-refractivity contribution < 1.29 is 4.79 Å². The van der Waals surface area contributed by atoms with E-state index in [1.165, 1.54) is 5.56 Å². The zero-order valence-corrected chi connectivity index (χ0v) is 18.1. The van der Waals surface area contributed by atoms with Gasteiger partial charge in [0.2, 0.25) is 5.91 Å². The Morgan fingerprint density at radius 3 is 2.87 bits per heavy atom. The maximum absolute atomic E-state index is 12.5. The van der Waals surface area contributed by atoms with Crippen LogP contribution in [0.1, 0.15) is 42.5 Å². The van der Waals surface area contributed by atoms with E-state index < -0.39 is 0 Å². The van der Waals surface area contributed by atoms with Gasteiger partial charge in [-0.3, -0.25) is 18.9 Å². The summed E-state index contributed by atoms with van der Waals surface area (Å²) in [4.78, 5) is 31.8. The lowest BCUT2D eigenvalue weighted by Crippen LogP contribution is -2.47. The number of hydrogen-bond donors (Lipinski definition) is 1. The third-order valence-corrected chi connectivity index (χ3v) is 5.83. The van der Waals surface area contributed by atoms with Crippen molar-refractivity contribution in [1.29, 1.82) is 0 Å². The van der Waals surface area contributed by atoms with Crippen molar-refractivity contribution in [2.75, 3.05) is 13.1 Å². The van der Waals surface area contributed by atoms with Crippen LogP contribution in [0.15, 0.2) is 59.5 Å². The molecular weight excluding hydrogens is 388 g/mol. The molecule has 0 radical (unpaired) electrons. The Morgan fingerprint density at radius 1 is 1.19 bits per heavy atom. The van der Waals surface area contributed by atoms with Gasteiger partial charge in [0, 0.05) is 37.8 Å². The van der Waals surface area contributed by atoms with Gasteiger partial charge in [0.05, 0.1) is 5.69 Å². The van der Waals surface area contributed by atoms with E-state index in [-0.39, 0.29) is 17.5 Å². The molecule has 1 fully saturated rings. The van der Waals surface area contributed by atoms with Crippen LogP contribution in [0.4, 0.5) is 0 Å². The summed E-state index contributed by atoms with van der Waals surface area (Å²) < 4.78 is 1.59. The number of amides is 1. The van der Waals surface area contributed by atoms with Crippen molar-refractivity contribution in [3.8, 4) is 0 Å². The lowest BCUT2D eigenvalue weighted by molar-refractivity contribution is -0.122. The summed E-state index contributed by atoms with van der Waals surface area (Å²) in [6.07, 6.45) is 6.17. The van der Waals surface area contributed by atoms with Gasteiger partial charge in [-0.1, -0.05) is 36.4 Å². The number of carbonyl (C=O) groups is 1. The van der Waals surface area contributed by atoms with E-state index in [0.29, 0.717) is 18.6 Å². The quantitative estimate of drug-likeness (QED) is 0.640. The minimum absolute atomic E-state index is 0.0519.